The predicted molar refractivity (Wildman–Crippen MR) is 128 cm³/mol. The Kier molecular flexibility index (Phi) is 6.57. The molecular formula is C25H22F3N5O2. The molecule has 180 valence electrons. The number of aliphatic carboxylic acids is 1. The predicted octanol–water partition coefficient (Wildman–Crippen LogP) is 5.45. The summed E-state index contributed by atoms with van der Waals surface area (Å²) < 4.78 is 40.3. The first-order valence-electron chi connectivity index (χ1n) is 10.6. The number of carbonyl (C=O) groups is 1. The van der Waals surface area contributed by atoms with E-state index < -0.39 is 18.2 Å². The third-order valence-corrected chi connectivity index (χ3v) is 5.25. The van der Waals surface area contributed by atoms with Gasteiger partial charge in [0.25, 0.3) is 0 Å². The Bertz CT molecular complexity index is 1320. The normalized spacial score (nSPS) is 16.0. The van der Waals surface area contributed by atoms with Crippen LogP contribution in [0.5, 0.6) is 0 Å². The van der Waals surface area contributed by atoms with Crippen molar-refractivity contribution in [3.8, 4) is 11.1 Å². The number of hydrogen-bond acceptors (Lipinski definition) is 6. The number of allylic oxidation sites excluding steroid dienone is 1. The average Bonchev–Trinajstić information content (AvgIpc) is 3.20. The highest BCUT2D eigenvalue weighted by Gasteiger charge is 2.43. The van der Waals surface area contributed by atoms with Crippen molar-refractivity contribution in [3.63, 3.8) is 0 Å². The van der Waals surface area contributed by atoms with Crippen LogP contribution in [0.15, 0.2) is 72.6 Å². The van der Waals surface area contributed by atoms with Crippen LogP contribution in [0.1, 0.15) is 18.1 Å². The molecule has 7 nitrogen and oxygen atoms in total. The van der Waals surface area contributed by atoms with Gasteiger partial charge in [0.1, 0.15) is 6.04 Å². The van der Waals surface area contributed by atoms with Crippen molar-refractivity contribution in [1.82, 2.24) is 15.4 Å². The summed E-state index contributed by atoms with van der Waals surface area (Å²) in [4.78, 5) is 19.8. The molecular weight excluding hydrogens is 459 g/mol. The van der Waals surface area contributed by atoms with E-state index in [0.29, 0.717) is 22.4 Å². The van der Waals surface area contributed by atoms with Gasteiger partial charge in [-0.15, -0.1) is 0 Å². The van der Waals surface area contributed by atoms with Gasteiger partial charge in [-0.1, -0.05) is 30.3 Å². The molecule has 0 fully saturated rings. The lowest BCUT2D eigenvalue weighted by Crippen LogP contribution is -2.45. The van der Waals surface area contributed by atoms with Gasteiger partial charge < -0.3 is 10.4 Å². The minimum absolute atomic E-state index is 0.210. The van der Waals surface area contributed by atoms with Crippen LogP contribution in [0.4, 0.5) is 30.6 Å². The highest BCUT2D eigenvalue weighted by Crippen LogP contribution is 2.35. The van der Waals surface area contributed by atoms with Gasteiger partial charge >= 0.3 is 12.1 Å². The van der Waals surface area contributed by atoms with E-state index in [0.717, 1.165) is 23.4 Å². The Balaban J connectivity index is 1.77. The maximum atomic E-state index is 13.4. The van der Waals surface area contributed by atoms with Crippen LogP contribution in [-0.4, -0.2) is 33.3 Å². The Morgan fingerprint density at radius 1 is 1.17 bits per heavy atom. The molecule has 0 aliphatic carbocycles. The third-order valence-electron chi connectivity index (χ3n) is 5.25. The van der Waals surface area contributed by atoms with Crippen LogP contribution < -0.4 is 15.8 Å². The lowest BCUT2D eigenvalue weighted by atomic mass is 10.0. The molecule has 0 saturated carbocycles. The fourth-order valence-electron chi connectivity index (χ4n) is 3.63. The standard InChI is InChI=1S/C25H22F3N5O2/c1-15-5-3-8-19(11-15)30-24-29-14-20(18-7-4-6-17(13-18)9-10-22(34)35)23(31-24)33-16(2)12-21(32-33)25(26,27)28/h3-14,21,32H,1-2H3,(H,34,35)(H,29,30,31)/b10-9+. The molecule has 1 unspecified atom stereocenters. The summed E-state index contributed by atoms with van der Waals surface area (Å²) in [6.07, 6.45) is 0.572. The number of hydrogen-bond donors (Lipinski definition) is 3. The third kappa shape index (κ3) is 5.67. The highest BCUT2D eigenvalue weighted by atomic mass is 19.4. The zero-order valence-corrected chi connectivity index (χ0v) is 18.8. The van der Waals surface area contributed by atoms with Crippen molar-refractivity contribution in [2.45, 2.75) is 26.1 Å². The topological polar surface area (TPSA) is 90.4 Å². The van der Waals surface area contributed by atoms with Crippen LogP contribution in [-0.2, 0) is 4.79 Å². The molecule has 3 aromatic rings. The minimum atomic E-state index is -4.48. The minimum Gasteiger partial charge on any atom is -0.478 e. The van der Waals surface area contributed by atoms with Gasteiger partial charge in [-0.25, -0.2) is 15.2 Å². The van der Waals surface area contributed by atoms with E-state index in [1.165, 1.54) is 17.3 Å². The van der Waals surface area contributed by atoms with Crippen LogP contribution in [0.3, 0.4) is 0 Å². The first-order valence-corrected chi connectivity index (χ1v) is 10.6. The summed E-state index contributed by atoms with van der Waals surface area (Å²) in [7, 11) is 0. The van der Waals surface area contributed by atoms with E-state index in [-0.39, 0.29) is 11.8 Å². The van der Waals surface area contributed by atoms with E-state index in [9.17, 15) is 18.0 Å². The molecule has 0 saturated heterocycles. The second-order valence-electron chi connectivity index (χ2n) is 8.01. The Morgan fingerprint density at radius 2 is 1.94 bits per heavy atom. The summed E-state index contributed by atoms with van der Waals surface area (Å²) in [5.74, 6) is -0.664. The Morgan fingerprint density at radius 3 is 2.63 bits per heavy atom. The Hall–Kier alpha value is -4.18. The van der Waals surface area contributed by atoms with Gasteiger partial charge in [0, 0.05) is 29.2 Å². The van der Waals surface area contributed by atoms with Gasteiger partial charge in [0.2, 0.25) is 5.95 Å². The van der Waals surface area contributed by atoms with E-state index in [1.54, 1.807) is 31.2 Å². The van der Waals surface area contributed by atoms with Crippen LogP contribution in [0.25, 0.3) is 17.2 Å². The van der Waals surface area contributed by atoms with E-state index >= 15 is 0 Å². The maximum Gasteiger partial charge on any atom is 0.409 e. The number of aromatic nitrogens is 2. The SMILES string of the molecule is CC1=CC(C(F)(F)F)NN1c1nc(Nc2cccc(C)c2)ncc1-c1cccc(/C=C/C(=O)O)c1. The first-order chi connectivity index (χ1) is 16.6. The number of benzene rings is 2. The number of carboxylic acid groups (broad SMARTS) is 1. The number of hydrazine groups is 1. The molecule has 1 aliphatic rings. The number of anilines is 3. The largest absolute Gasteiger partial charge is 0.478 e. The van der Waals surface area contributed by atoms with Crippen LogP contribution in [0.2, 0.25) is 0 Å². The fourth-order valence-corrected chi connectivity index (χ4v) is 3.63. The zero-order chi connectivity index (χ0) is 25.2. The molecule has 2 aromatic carbocycles. The summed E-state index contributed by atoms with van der Waals surface area (Å²) in [5, 5.41) is 13.3. The monoisotopic (exact) mass is 481 g/mol. The molecule has 0 amide bonds. The summed E-state index contributed by atoms with van der Waals surface area (Å²) >= 11 is 0. The number of nitrogens with zero attached hydrogens (tertiary/aromatic N) is 3. The molecule has 4 rings (SSSR count). The quantitative estimate of drug-likeness (QED) is 0.403. The second kappa shape index (κ2) is 9.59. The number of halogens is 3. The lowest BCUT2D eigenvalue weighted by molar-refractivity contribution is -0.142. The molecule has 0 radical (unpaired) electrons. The van der Waals surface area contributed by atoms with Gasteiger partial charge in [-0.05, 0) is 60.9 Å². The highest BCUT2D eigenvalue weighted by molar-refractivity contribution is 5.86. The molecule has 0 spiro atoms. The number of aryl methyl sites for hydroxylation is 1. The molecule has 10 heteroatoms. The first kappa shape index (κ1) is 24.0. The van der Waals surface area contributed by atoms with Crippen molar-refractivity contribution < 1.29 is 23.1 Å². The van der Waals surface area contributed by atoms with E-state index in [4.69, 9.17) is 5.11 Å². The van der Waals surface area contributed by atoms with Crippen LogP contribution >= 0.6 is 0 Å². The lowest BCUT2D eigenvalue weighted by Gasteiger charge is -2.25. The zero-order valence-electron chi connectivity index (χ0n) is 18.8. The van der Waals surface area contributed by atoms with Crippen molar-refractivity contribution >= 4 is 29.5 Å². The van der Waals surface area contributed by atoms with E-state index in [1.807, 2.05) is 31.2 Å². The van der Waals surface area contributed by atoms with Crippen molar-refractivity contribution in [2.75, 3.05) is 10.3 Å². The van der Waals surface area contributed by atoms with Crippen molar-refractivity contribution in [2.24, 2.45) is 0 Å². The molecule has 0 bridgehead atoms. The molecule has 35 heavy (non-hydrogen) atoms. The number of alkyl halides is 3. The number of rotatable bonds is 6. The van der Waals surface area contributed by atoms with Gasteiger partial charge in [-0.3, -0.25) is 5.01 Å². The van der Waals surface area contributed by atoms with Crippen LogP contribution in [0, 0.1) is 6.92 Å². The smallest absolute Gasteiger partial charge is 0.409 e. The van der Waals surface area contributed by atoms with Gasteiger partial charge in [0.05, 0.1) is 0 Å². The molecule has 1 aliphatic heterocycles. The summed E-state index contributed by atoms with van der Waals surface area (Å²) in [6.45, 7) is 3.50. The van der Waals surface area contributed by atoms with Gasteiger partial charge in [-0.2, -0.15) is 18.2 Å². The number of carboxylic acids is 1. The molecule has 1 aromatic heterocycles. The Labute approximate surface area is 199 Å². The fraction of sp³-hybridized carbons (Fsp3) is 0.160. The average molecular weight is 481 g/mol. The molecule has 1 atom stereocenters. The second-order valence-corrected chi connectivity index (χ2v) is 8.01. The maximum absolute atomic E-state index is 13.4. The van der Waals surface area contributed by atoms with E-state index in [2.05, 4.69) is 20.7 Å². The molecule has 3 N–H and O–H groups in total. The summed E-state index contributed by atoms with van der Waals surface area (Å²) in [6, 6.07) is 12.6. The summed E-state index contributed by atoms with van der Waals surface area (Å²) in [5.41, 5.74) is 6.23. The van der Waals surface area contributed by atoms with Crippen molar-refractivity contribution in [1.29, 1.82) is 0 Å². The van der Waals surface area contributed by atoms with Gasteiger partial charge in [0.15, 0.2) is 5.82 Å². The number of nitrogens with one attached hydrogen (secondary N) is 2. The van der Waals surface area contributed by atoms with Crippen molar-refractivity contribution in [3.05, 3.63) is 83.7 Å². The molecule has 2 heterocycles.